The van der Waals surface area contributed by atoms with Crippen molar-refractivity contribution < 1.29 is 158 Å². The van der Waals surface area contributed by atoms with Crippen LogP contribution in [0.2, 0.25) is 0 Å². The van der Waals surface area contributed by atoms with Gasteiger partial charge in [-0.1, -0.05) is 106 Å². The highest BCUT2D eigenvalue weighted by Crippen LogP contribution is 2.42. The molecule has 468 valence electrons. The van der Waals surface area contributed by atoms with Crippen LogP contribution in [0.15, 0.2) is 109 Å². The topological polar surface area (TPSA) is 0 Å². The molecule has 0 atom stereocenters. The van der Waals surface area contributed by atoms with Gasteiger partial charge in [-0.05, 0) is 36.4 Å². The number of hydrogen-bond donors (Lipinski definition) is 0. The molecule has 86 heavy (non-hydrogen) atoms. The van der Waals surface area contributed by atoms with Crippen LogP contribution >= 0.6 is 0 Å². The summed E-state index contributed by atoms with van der Waals surface area (Å²) < 4.78 is 487. The summed E-state index contributed by atoms with van der Waals surface area (Å²) in [5.41, 5.74) is -35.5. The molecule has 0 nitrogen and oxygen atoms in total. The molecule has 0 amide bonds. The van der Waals surface area contributed by atoms with Gasteiger partial charge < -0.3 is 0 Å². The first-order valence-electron chi connectivity index (χ1n) is 21.9. The average Bonchev–Trinajstić information content (AvgIpc) is 0.796. The van der Waals surface area contributed by atoms with E-state index in [4.69, 9.17) is 0 Å². The molecule has 38 heteroatoms. The van der Waals surface area contributed by atoms with E-state index < -0.39 is 223 Å². The summed E-state index contributed by atoms with van der Waals surface area (Å²) in [7, 11) is 0. The van der Waals surface area contributed by atoms with Crippen molar-refractivity contribution in [3.8, 4) is 0 Å². The Kier molecular flexibility index (Phi) is 18.3. The van der Waals surface area contributed by atoms with E-state index in [0.717, 1.165) is 0 Å². The third-order valence-electron chi connectivity index (χ3n) is 11.7. The fraction of sp³-hybridized carbons (Fsp3) is 0.250. The van der Waals surface area contributed by atoms with E-state index in [0.29, 0.717) is 0 Å². The number of rotatable bonds is 6. The standard InChI is InChI=1S/2C24H9BF18/c2*26-19(27,28)10-1-11(20(29,30)31)5-16(4-10)25(17-6-12(21(32,33)34)2-13(7-17)22(35,36)37)18-8-14(23(38,39)40)3-15(9-18)24(41,42)43/h2*1-9H. The predicted molar refractivity (Wildman–Crippen MR) is 228 cm³/mol. The van der Waals surface area contributed by atoms with E-state index in [1.807, 2.05) is 0 Å². The molecule has 6 aromatic rings. The zero-order valence-electron chi connectivity index (χ0n) is 40.2. The zero-order valence-corrected chi connectivity index (χ0v) is 40.2. The van der Waals surface area contributed by atoms with Gasteiger partial charge in [-0.15, -0.1) is 0 Å². The van der Waals surface area contributed by atoms with Crippen molar-refractivity contribution in [3.63, 3.8) is 0 Å². The van der Waals surface area contributed by atoms with Crippen LogP contribution in [0.1, 0.15) is 66.8 Å². The fourth-order valence-corrected chi connectivity index (χ4v) is 8.03. The van der Waals surface area contributed by atoms with Gasteiger partial charge in [-0.2, -0.15) is 158 Å². The van der Waals surface area contributed by atoms with Crippen LogP contribution in [0.25, 0.3) is 0 Å². The lowest BCUT2D eigenvalue weighted by Gasteiger charge is -2.23. The van der Waals surface area contributed by atoms with Crippen LogP contribution in [-0.2, 0) is 74.1 Å². The molecule has 0 aliphatic carbocycles. The third kappa shape index (κ3) is 17.1. The van der Waals surface area contributed by atoms with Gasteiger partial charge in [0.05, 0.1) is 66.8 Å². The largest absolute Gasteiger partial charge is 0.416 e. The maximum atomic E-state index is 13.5. The highest BCUT2D eigenvalue weighted by molar-refractivity contribution is 6.96. The first-order valence-corrected chi connectivity index (χ1v) is 21.9. The molecule has 0 aliphatic rings. The number of hydrogen-bond acceptors (Lipinski definition) is 0. The number of benzene rings is 6. The predicted octanol–water partition coefficient (Wildman–Crippen LogP) is 16.6. The fourth-order valence-electron chi connectivity index (χ4n) is 8.03. The second-order valence-corrected chi connectivity index (χ2v) is 17.9. The van der Waals surface area contributed by atoms with Crippen molar-refractivity contribution >= 4 is 46.2 Å². The van der Waals surface area contributed by atoms with Crippen LogP contribution in [0, 0.1) is 0 Å². The molecule has 0 heterocycles. The highest BCUT2D eigenvalue weighted by atomic mass is 19.5. The summed E-state index contributed by atoms with van der Waals surface area (Å²) in [5.74, 6) is 0. The van der Waals surface area contributed by atoms with Crippen LogP contribution in [-0.4, -0.2) is 13.4 Å². The van der Waals surface area contributed by atoms with Gasteiger partial charge in [0, 0.05) is 0 Å². The minimum atomic E-state index is -5.67. The molecule has 0 saturated heterocycles. The first kappa shape index (κ1) is 69.7. The van der Waals surface area contributed by atoms with E-state index in [2.05, 4.69) is 0 Å². The quantitative estimate of drug-likeness (QED) is 0.115. The molecule has 0 bridgehead atoms. The van der Waals surface area contributed by atoms with Crippen molar-refractivity contribution in [3.05, 3.63) is 176 Å². The van der Waals surface area contributed by atoms with E-state index in [9.17, 15) is 158 Å². The van der Waals surface area contributed by atoms with E-state index in [1.54, 1.807) is 0 Å². The monoisotopic (exact) mass is 1300 g/mol. The Hall–Kier alpha value is -7.07. The van der Waals surface area contributed by atoms with Crippen LogP contribution in [0.3, 0.4) is 0 Å². The summed E-state index contributed by atoms with van der Waals surface area (Å²) in [5, 5.41) is 0. The maximum Gasteiger partial charge on any atom is 0.416 e. The Balaban J connectivity index is 0.000000314. The third-order valence-corrected chi connectivity index (χ3v) is 11.7. The number of alkyl halides is 36. The Morgan fingerprint density at radius 3 is 0.256 bits per heavy atom. The van der Waals surface area contributed by atoms with Crippen molar-refractivity contribution in [2.45, 2.75) is 74.1 Å². The molecule has 0 saturated carbocycles. The van der Waals surface area contributed by atoms with Crippen molar-refractivity contribution in [1.82, 2.24) is 0 Å². The Morgan fingerprint density at radius 2 is 0.198 bits per heavy atom. The van der Waals surface area contributed by atoms with Crippen LogP contribution in [0.4, 0.5) is 158 Å². The van der Waals surface area contributed by atoms with Crippen LogP contribution < -0.4 is 32.8 Å². The Morgan fingerprint density at radius 1 is 0.128 bits per heavy atom. The molecule has 0 radical (unpaired) electrons. The molecule has 0 aromatic heterocycles. The first-order chi connectivity index (χ1) is 38.2. The van der Waals surface area contributed by atoms with E-state index in [1.165, 1.54) is 0 Å². The SMILES string of the molecule is FC(F)(F)c1cc(B(c2cc(C(F)(F)F)cc(C(F)(F)F)c2)c2cc(C(F)(F)F)cc(C(F)(F)F)c2)cc(C(F)(F)F)c1.FC(F)(F)c1cc(B(c2cc(C(F)(F)F)cc(C(F)(F)F)c2)c2cc(C(F)(F)F)cc(C(F)(F)F)c2)cc(C(F)(F)F)c1. The van der Waals surface area contributed by atoms with Gasteiger partial charge in [0.25, 0.3) is 0 Å². The van der Waals surface area contributed by atoms with Gasteiger partial charge in [0.1, 0.15) is 0 Å². The molecule has 6 rings (SSSR count). The maximum absolute atomic E-state index is 13.5. The number of halogens is 36. The summed E-state index contributed by atoms with van der Waals surface area (Å²) in [6.45, 7) is -5.76. The van der Waals surface area contributed by atoms with Gasteiger partial charge in [-0.25, -0.2) is 0 Å². The van der Waals surface area contributed by atoms with Gasteiger partial charge in [0.15, 0.2) is 0 Å². The molecule has 0 aliphatic heterocycles. The molecule has 0 unspecified atom stereocenters. The molecular formula is C48H18B2F36. The summed E-state index contributed by atoms with van der Waals surface area (Å²) in [6, 6.07) is -5.90. The minimum Gasteiger partial charge on any atom is -0.166 e. The molecule has 0 N–H and O–H groups in total. The van der Waals surface area contributed by atoms with E-state index in [-0.39, 0.29) is 72.8 Å². The molecule has 6 aromatic carbocycles. The molecule has 0 spiro atoms. The van der Waals surface area contributed by atoms with Gasteiger partial charge in [-0.3, -0.25) is 0 Å². The lowest BCUT2D eigenvalue weighted by atomic mass is 9.36. The van der Waals surface area contributed by atoms with Crippen molar-refractivity contribution in [2.24, 2.45) is 0 Å². The second-order valence-electron chi connectivity index (χ2n) is 17.9. The zero-order chi connectivity index (χ0) is 66.3. The smallest absolute Gasteiger partial charge is 0.166 e. The molecular weight excluding hydrogens is 1280 g/mol. The van der Waals surface area contributed by atoms with Gasteiger partial charge in [0.2, 0.25) is 13.4 Å². The molecule has 0 fully saturated rings. The Labute approximate surface area is 454 Å². The summed E-state index contributed by atoms with van der Waals surface area (Å²) in [4.78, 5) is 0. The summed E-state index contributed by atoms with van der Waals surface area (Å²) >= 11 is 0. The lowest BCUT2D eigenvalue weighted by Crippen LogP contribution is -2.53. The van der Waals surface area contributed by atoms with E-state index >= 15 is 0 Å². The average molecular weight is 1300 g/mol. The lowest BCUT2D eigenvalue weighted by molar-refractivity contribution is -0.144. The van der Waals surface area contributed by atoms with Crippen LogP contribution in [0.5, 0.6) is 0 Å². The van der Waals surface area contributed by atoms with Crippen molar-refractivity contribution in [2.75, 3.05) is 0 Å². The summed E-state index contributed by atoms with van der Waals surface area (Å²) in [6.07, 6.45) is -68.0. The highest BCUT2D eigenvalue weighted by Gasteiger charge is 2.47. The Bertz CT molecular complexity index is 2640. The van der Waals surface area contributed by atoms with Crippen molar-refractivity contribution in [1.29, 1.82) is 0 Å². The normalized spacial score (nSPS) is 13.8. The minimum absolute atomic E-state index is 0.235. The van der Waals surface area contributed by atoms with Gasteiger partial charge >= 0.3 is 74.1 Å². The second kappa shape index (κ2) is 22.6.